The summed E-state index contributed by atoms with van der Waals surface area (Å²) in [5.41, 5.74) is 2.77. The number of amides is 2. The molecule has 1 N–H and O–H groups in total. The Morgan fingerprint density at radius 3 is 3.08 bits per heavy atom. The number of aryl methyl sites for hydroxylation is 1. The van der Waals surface area contributed by atoms with Crippen LogP contribution in [0.2, 0.25) is 0 Å². The minimum atomic E-state index is -0.0361. The van der Waals surface area contributed by atoms with Gasteiger partial charge in [0.25, 0.3) is 0 Å². The first kappa shape index (κ1) is 16.1. The lowest BCUT2D eigenvalue weighted by Gasteiger charge is -2.17. The average Bonchev–Trinajstić information content (AvgIpc) is 3.22. The number of benzene rings is 1. The molecule has 1 aliphatic rings. The number of nitriles is 1. The van der Waals surface area contributed by atoms with E-state index in [1.807, 2.05) is 41.2 Å². The van der Waals surface area contributed by atoms with E-state index in [4.69, 9.17) is 5.26 Å². The molecule has 3 rings (SSSR count). The summed E-state index contributed by atoms with van der Waals surface area (Å²) in [4.78, 5) is 14.2. The Morgan fingerprint density at radius 1 is 1.46 bits per heavy atom. The SMILES string of the molecule is Cn1cc(C[C@H]2CCN(C(=O)NCc3cccc(C#N)c3)C2)cn1. The van der Waals surface area contributed by atoms with Crippen molar-refractivity contribution in [2.24, 2.45) is 13.0 Å². The first-order valence-electron chi connectivity index (χ1n) is 8.13. The molecule has 124 valence electrons. The lowest BCUT2D eigenvalue weighted by molar-refractivity contribution is 0.206. The molecule has 1 aromatic carbocycles. The molecule has 2 heterocycles. The second kappa shape index (κ2) is 7.18. The summed E-state index contributed by atoms with van der Waals surface area (Å²) < 4.78 is 1.81. The number of rotatable bonds is 4. The van der Waals surface area contributed by atoms with Crippen molar-refractivity contribution in [2.45, 2.75) is 19.4 Å². The highest BCUT2D eigenvalue weighted by Crippen LogP contribution is 2.20. The lowest BCUT2D eigenvalue weighted by atomic mass is 10.0. The summed E-state index contributed by atoms with van der Waals surface area (Å²) in [6.07, 6.45) is 5.91. The topological polar surface area (TPSA) is 74.0 Å². The second-order valence-corrected chi connectivity index (χ2v) is 6.30. The highest BCUT2D eigenvalue weighted by Gasteiger charge is 2.26. The van der Waals surface area contributed by atoms with Gasteiger partial charge in [-0.1, -0.05) is 12.1 Å². The third-order valence-corrected chi connectivity index (χ3v) is 4.36. The Hall–Kier alpha value is -2.81. The van der Waals surface area contributed by atoms with Crippen LogP contribution in [0.5, 0.6) is 0 Å². The average molecular weight is 323 g/mol. The van der Waals surface area contributed by atoms with Gasteiger partial charge < -0.3 is 10.2 Å². The van der Waals surface area contributed by atoms with Crippen molar-refractivity contribution in [3.05, 3.63) is 53.3 Å². The van der Waals surface area contributed by atoms with Gasteiger partial charge in [-0.25, -0.2) is 4.79 Å². The molecule has 1 fully saturated rings. The molecule has 6 heteroatoms. The van der Waals surface area contributed by atoms with Crippen LogP contribution in [0.4, 0.5) is 4.79 Å². The number of carbonyl (C=O) groups is 1. The van der Waals surface area contributed by atoms with Gasteiger partial charge in [0, 0.05) is 32.9 Å². The smallest absolute Gasteiger partial charge is 0.317 e. The zero-order valence-electron chi connectivity index (χ0n) is 13.8. The second-order valence-electron chi connectivity index (χ2n) is 6.30. The molecule has 0 spiro atoms. The number of urea groups is 1. The molecule has 0 saturated carbocycles. The molecule has 2 amide bonds. The van der Waals surface area contributed by atoms with Crippen LogP contribution in [-0.4, -0.2) is 33.8 Å². The van der Waals surface area contributed by atoms with Gasteiger partial charge in [-0.05, 0) is 42.0 Å². The molecule has 0 aliphatic carbocycles. The van der Waals surface area contributed by atoms with E-state index in [1.54, 1.807) is 12.1 Å². The maximum atomic E-state index is 12.3. The number of aromatic nitrogens is 2. The quantitative estimate of drug-likeness (QED) is 0.936. The van der Waals surface area contributed by atoms with E-state index in [0.717, 1.165) is 31.5 Å². The number of likely N-dealkylation sites (tertiary alicyclic amines) is 1. The maximum Gasteiger partial charge on any atom is 0.317 e. The standard InChI is InChI=1S/C18H21N5O/c1-22-12-17(11-21-22)8-16-5-6-23(13-16)18(24)20-10-15-4-2-3-14(7-15)9-19/h2-4,7,11-12,16H,5-6,8,10,13H2,1H3,(H,20,24)/t16-/m1/s1. The van der Waals surface area contributed by atoms with E-state index in [9.17, 15) is 4.79 Å². The Labute approximate surface area is 141 Å². The van der Waals surface area contributed by atoms with Crippen LogP contribution in [0.3, 0.4) is 0 Å². The number of nitrogens with one attached hydrogen (secondary N) is 1. The molecule has 0 bridgehead atoms. The highest BCUT2D eigenvalue weighted by molar-refractivity contribution is 5.74. The number of nitrogens with zero attached hydrogens (tertiary/aromatic N) is 4. The van der Waals surface area contributed by atoms with Crippen molar-refractivity contribution in [3.8, 4) is 6.07 Å². The molecule has 1 saturated heterocycles. The van der Waals surface area contributed by atoms with Crippen LogP contribution in [0.1, 0.15) is 23.1 Å². The summed E-state index contributed by atoms with van der Waals surface area (Å²) in [5.74, 6) is 0.488. The van der Waals surface area contributed by atoms with E-state index in [2.05, 4.69) is 16.5 Å². The van der Waals surface area contributed by atoms with Gasteiger partial charge in [0.15, 0.2) is 0 Å². The molecule has 1 aliphatic heterocycles. The van der Waals surface area contributed by atoms with Crippen LogP contribution in [0.15, 0.2) is 36.7 Å². The molecule has 2 aromatic rings. The van der Waals surface area contributed by atoms with E-state index < -0.39 is 0 Å². The normalized spacial score (nSPS) is 16.8. The van der Waals surface area contributed by atoms with Gasteiger partial charge in [0.1, 0.15) is 0 Å². The first-order chi connectivity index (χ1) is 11.6. The lowest BCUT2D eigenvalue weighted by Crippen LogP contribution is -2.38. The monoisotopic (exact) mass is 323 g/mol. The summed E-state index contributed by atoms with van der Waals surface area (Å²) in [6.45, 7) is 2.01. The largest absolute Gasteiger partial charge is 0.334 e. The number of hydrogen-bond acceptors (Lipinski definition) is 3. The molecule has 1 aromatic heterocycles. The maximum absolute atomic E-state index is 12.3. The third kappa shape index (κ3) is 3.93. The fourth-order valence-corrected chi connectivity index (χ4v) is 3.13. The van der Waals surface area contributed by atoms with Crippen molar-refractivity contribution in [2.75, 3.05) is 13.1 Å². The van der Waals surface area contributed by atoms with Crippen LogP contribution >= 0.6 is 0 Å². The fraction of sp³-hybridized carbons (Fsp3) is 0.389. The molecule has 1 atom stereocenters. The van der Waals surface area contributed by atoms with Gasteiger partial charge in [-0.3, -0.25) is 4.68 Å². The van der Waals surface area contributed by atoms with Crippen molar-refractivity contribution in [3.63, 3.8) is 0 Å². The van der Waals surface area contributed by atoms with Crippen molar-refractivity contribution in [1.82, 2.24) is 20.0 Å². The van der Waals surface area contributed by atoms with Crippen molar-refractivity contribution < 1.29 is 4.79 Å². The zero-order valence-corrected chi connectivity index (χ0v) is 13.8. The van der Waals surface area contributed by atoms with E-state index in [1.165, 1.54) is 5.56 Å². The van der Waals surface area contributed by atoms with Crippen molar-refractivity contribution >= 4 is 6.03 Å². The summed E-state index contributed by atoms with van der Waals surface area (Å²) in [6, 6.07) is 9.38. The van der Waals surface area contributed by atoms with Crippen LogP contribution in [0.25, 0.3) is 0 Å². The molecular weight excluding hydrogens is 302 g/mol. The zero-order chi connectivity index (χ0) is 16.9. The predicted molar refractivity (Wildman–Crippen MR) is 90.0 cm³/mol. The fourth-order valence-electron chi connectivity index (χ4n) is 3.13. The summed E-state index contributed by atoms with van der Waals surface area (Å²) in [5, 5.41) is 16.0. The predicted octanol–water partition coefficient (Wildman–Crippen LogP) is 2.07. The van der Waals surface area contributed by atoms with E-state index in [-0.39, 0.29) is 6.03 Å². The highest BCUT2D eigenvalue weighted by atomic mass is 16.2. The molecular formula is C18H21N5O. The minimum Gasteiger partial charge on any atom is -0.334 e. The van der Waals surface area contributed by atoms with Gasteiger partial charge in [0.2, 0.25) is 0 Å². The van der Waals surface area contributed by atoms with Gasteiger partial charge in [0.05, 0.1) is 17.8 Å². The Balaban J connectivity index is 1.48. The molecule has 24 heavy (non-hydrogen) atoms. The Bertz CT molecular complexity index is 761. The first-order valence-corrected chi connectivity index (χ1v) is 8.13. The Morgan fingerprint density at radius 2 is 2.33 bits per heavy atom. The van der Waals surface area contributed by atoms with Gasteiger partial charge in [-0.15, -0.1) is 0 Å². The van der Waals surface area contributed by atoms with Crippen LogP contribution in [0, 0.1) is 17.2 Å². The van der Waals surface area contributed by atoms with E-state index in [0.29, 0.717) is 18.0 Å². The van der Waals surface area contributed by atoms with Crippen molar-refractivity contribution in [1.29, 1.82) is 5.26 Å². The molecule has 0 radical (unpaired) electrons. The van der Waals surface area contributed by atoms with Gasteiger partial charge >= 0.3 is 6.03 Å². The third-order valence-electron chi connectivity index (χ3n) is 4.36. The van der Waals surface area contributed by atoms with Crippen LogP contribution in [-0.2, 0) is 20.0 Å². The summed E-state index contributed by atoms with van der Waals surface area (Å²) in [7, 11) is 1.92. The number of carbonyl (C=O) groups excluding carboxylic acids is 1. The summed E-state index contributed by atoms with van der Waals surface area (Å²) >= 11 is 0. The minimum absolute atomic E-state index is 0.0361. The van der Waals surface area contributed by atoms with E-state index >= 15 is 0 Å². The van der Waals surface area contributed by atoms with Crippen LogP contribution < -0.4 is 5.32 Å². The van der Waals surface area contributed by atoms with Gasteiger partial charge in [-0.2, -0.15) is 10.4 Å². The Kier molecular flexibility index (Phi) is 4.80. The molecule has 0 unspecified atom stereocenters. The molecule has 6 nitrogen and oxygen atoms in total. The number of hydrogen-bond donors (Lipinski definition) is 1.